The first-order valence-electron chi connectivity index (χ1n) is 5.17. The molecular weight excluding hydrogens is 220 g/mol. The summed E-state index contributed by atoms with van der Waals surface area (Å²) < 4.78 is 3.75. The van der Waals surface area contributed by atoms with Crippen LogP contribution < -0.4 is 0 Å². The summed E-state index contributed by atoms with van der Waals surface area (Å²) >= 11 is 1.26. The summed E-state index contributed by atoms with van der Waals surface area (Å²) in [4.78, 5) is 0. The molecule has 0 spiro atoms. The van der Waals surface area contributed by atoms with Gasteiger partial charge in [0.25, 0.3) is 0 Å². The summed E-state index contributed by atoms with van der Waals surface area (Å²) in [6.45, 7) is 4.13. The first-order valence-corrected chi connectivity index (χ1v) is 6.01. The van der Waals surface area contributed by atoms with Crippen LogP contribution in [0.4, 0.5) is 0 Å². The summed E-state index contributed by atoms with van der Waals surface area (Å²) in [5, 5.41) is 15.6. The Morgan fingerprint density at radius 1 is 1.25 bits per heavy atom. The Morgan fingerprint density at radius 3 is 2.50 bits per heavy atom. The lowest BCUT2D eigenvalue weighted by atomic mass is 10.0. The topological polar surface area (TPSA) is 46.0 Å². The fourth-order valence-corrected chi connectivity index (χ4v) is 2.33. The monoisotopic (exact) mass is 234 g/mol. The van der Waals surface area contributed by atoms with Crippen LogP contribution >= 0.6 is 11.5 Å². The van der Waals surface area contributed by atoms with Gasteiger partial charge in [-0.15, -0.1) is 5.10 Å². The third-order valence-electron chi connectivity index (χ3n) is 2.43. The Labute approximate surface area is 98.9 Å². The zero-order valence-corrected chi connectivity index (χ0v) is 10.2. The van der Waals surface area contributed by atoms with Gasteiger partial charge in [0.2, 0.25) is 0 Å². The van der Waals surface area contributed by atoms with Gasteiger partial charge in [-0.1, -0.05) is 33.8 Å². The molecule has 3 nitrogen and oxygen atoms in total. The van der Waals surface area contributed by atoms with E-state index in [1.54, 1.807) is 5.38 Å². The molecule has 0 saturated heterocycles. The van der Waals surface area contributed by atoms with E-state index < -0.39 is 6.10 Å². The molecule has 0 aliphatic carbocycles. The van der Waals surface area contributed by atoms with Crippen molar-refractivity contribution in [1.29, 1.82) is 0 Å². The molecule has 0 aliphatic heterocycles. The Bertz CT molecular complexity index is 448. The average molecular weight is 234 g/mol. The quantitative estimate of drug-likeness (QED) is 0.887. The predicted molar refractivity (Wildman–Crippen MR) is 64.5 cm³/mol. The van der Waals surface area contributed by atoms with Crippen molar-refractivity contribution in [1.82, 2.24) is 9.59 Å². The van der Waals surface area contributed by atoms with Gasteiger partial charge < -0.3 is 5.11 Å². The Hall–Kier alpha value is -1.26. The number of nitrogens with zero attached hydrogens (tertiary/aromatic N) is 2. The summed E-state index contributed by atoms with van der Waals surface area (Å²) in [7, 11) is 0. The third-order valence-corrected chi connectivity index (χ3v) is 2.95. The van der Waals surface area contributed by atoms with E-state index in [0.29, 0.717) is 12.1 Å². The second-order valence-corrected chi connectivity index (χ2v) is 4.66. The minimum absolute atomic E-state index is 0.556. The first kappa shape index (κ1) is 11.2. The fraction of sp³-hybridized carbons (Fsp3) is 0.333. The Kier molecular flexibility index (Phi) is 3.31. The molecule has 0 radical (unpaired) electrons. The molecular formula is C12H14N2OS. The molecule has 0 fully saturated rings. The maximum atomic E-state index is 9.95. The number of hydrogen-bond acceptors (Lipinski definition) is 4. The molecule has 1 atom stereocenters. The maximum Gasteiger partial charge on any atom is 0.104 e. The summed E-state index contributed by atoms with van der Waals surface area (Å²) in [6.07, 6.45) is 0.0356. The minimum atomic E-state index is -0.556. The summed E-state index contributed by atoms with van der Waals surface area (Å²) in [5.74, 6) is 0. The molecule has 2 aromatic rings. The van der Waals surface area contributed by atoms with E-state index in [1.807, 2.05) is 0 Å². The lowest BCUT2D eigenvalue weighted by molar-refractivity contribution is 0.173. The van der Waals surface area contributed by atoms with Gasteiger partial charge in [0.1, 0.15) is 11.8 Å². The third kappa shape index (κ3) is 2.65. The highest BCUT2D eigenvalue weighted by molar-refractivity contribution is 7.03. The van der Waals surface area contributed by atoms with Crippen LogP contribution in [-0.2, 0) is 6.42 Å². The number of aryl methyl sites for hydroxylation is 2. The molecule has 0 bridgehead atoms. The largest absolute Gasteiger partial charge is 0.386 e. The van der Waals surface area contributed by atoms with Crippen LogP contribution in [-0.4, -0.2) is 14.7 Å². The van der Waals surface area contributed by atoms with Crippen LogP contribution in [0.1, 0.15) is 28.5 Å². The standard InChI is InChI=1S/C12H14N2OS/c1-8-3-9(2)5-10(4-8)6-12(15)11-7-16-14-13-11/h3-5,7,12,15H,6H2,1-2H3. The molecule has 0 amide bonds. The van der Waals surface area contributed by atoms with Gasteiger partial charge in [0.15, 0.2) is 0 Å². The van der Waals surface area contributed by atoms with E-state index in [2.05, 4.69) is 41.6 Å². The molecule has 2 rings (SSSR count). The van der Waals surface area contributed by atoms with Gasteiger partial charge in [-0.05, 0) is 30.9 Å². The second kappa shape index (κ2) is 4.72. The van der Waals surface area contributed by atoms with Crippen LogP contribution in [0.5, 0.6) is 0 Å². The molecule has 1 aromatic carbocycles. The number of hydrogen-bond donors (Lipinski definition) is 1. The molecule has 16 heavy (non-hydrogen) atoms. The molecule has 1 heterocycles. The summed E-state index contributed by atoms with van der Waals surface area (Å²) in [5.41, 5.74) is 4.24. The molecule has 1 unspecified atom stereocenters. The van der Waals surface area contributed by atoms with Gasteiger partial charge in [0, 0.05) is 11.8 Å². The Morgan fingerprint density at radius 2 is 1.94 bits per heavy atom. The summed E-state index contributed by atoms with van der Waals surface area (Å²) in [6, 6.07) is 6.31. The molecule has 4 heteroatoms. The number of aromatic nitrogens is 2. The highest BCUT2D eigenvalue weighted by atomic mass is 32.1. The van der Waals surface area contributed by atoms with Crippen LogP contribution in [0.2, 0.25) is 0 Å². The van der Waals surface area contributed by atoms with Crippen LogP contribution in [0.3, 0.4) is 0 Å². The van der Waals surface area contributed by atoms with Crippen LogP contribution in [0.15, 0.2) is 23.6 Å². The highest BCUT2D eigenvalue weighted by Crippen LogP contribution is 2.18. The van der Waals surface area contributed by atoms with Crippen molar-refractivity contribution in [2.24, 2.45) is 0 Å². The van der Waals surface area contributed by atoms with E-state index in [4.69, 9.17) is 0 Å². The smallest absolute Gasteiger partial charge is 0.104 e. The van der Waals surface area contributed by atoms with E-state index in [9.17, 15) is 5.11 Å². The lowest BCUT2D eigenvalue weighted by Gasteiger charge is -2.09. The second-order valence-electron chi connectivity index (χ2n) is 4.05. The molecule has 0 saturated carbocycles. The van der Waals surface area contributed by atoms with E-state index in [-0.39, 0.29) is 0 Å². The van der Waals surface area contributed by atoms with Crippen molar-refractivity contribution < 1.29 is 5.11 Å². The fourth-order valence-electron chi connectivity index (χ4n) is 1.83. The molecule has 0 aliphatic rings. The SMILES string of the molecule is Cc1cc(C)cc(CC(O)c2csnn2)c1. The Balaban J connectivity index is 2.15. The van der Waals surface area contributed by atoms with E-state index in [1.165, 1.54) is 22.7 Å². The van der Waals surface area contributed by atoms with Crippen molar-refractivity contribution in [3.05, 3.63) is 46.0 Å². The van der Waals surface area contributed by atoms with Crippen molar-refractivity contribution in [2.45, 2.75) is 26.4 Å². The molecule has 84 valence electrons. The number of benzene rings is 1. The average Bonchev–Trinajstić information content (AvgIpc) is 2.68. The number of aliphatic hydroxyl groups excluding tert-OH is 1. The zero-order valence-electron chi connectivity index (χ0n) is 9.34. The van der Waals surface area contributed by atoms with Gasteiger partial charge >= 0.3 is 0 Å². The molecule has 1 N–H and O–H groups in total. The minimum Gasteiger partial charge on any atom is -0.386 e. The van der Waals surface area contributed by atoms with Crippen molar-refractivity contribution in [2.75, 3.05) is 0 Å². The van der Waals surface area contributed by atoms with E-state index >= 15 is 0 Å². The predicted octanol–water partition coefficient (Wildman–Crippen LogP) is 2.43. The van der Waals surface area contributed by atoms with Crippen LogP contribution in [0, 0.1) is 13.8 Å². The van der Waals surface area contributed by atoms with Crippen molar-refractivity contribution in [3.63, 3.8) is 0 Å². The van der Waals surface area contributed by atoms with Gasteiger partial charge in [-0.2, -0.15) is 0 Å². The lowest BCUT2D eigenvalue weighted by Crippen LogP contribution is -2.02. The van der Waals surface area contributed by atoms with Crippen molar-refractivity contribution >= 4 is 11.5 Å². The zero-order chi connectivity index (χ0) is 11.5. The molecule has 1 aromatic heterocycles. The maximum absolute atomic E-state index is 9.95. The number of rotatable bonds is 3. The van der Waals surface area contributed by atoms with Gasteiger partial charge in [0.05, 0.1) is 0 Å². The highest BCUT2D eigenvalue weighted by Gasteiger charge is 2.11. The first-order chi connectivity index (χ1) is 7.65. The normalized spacial score (nSPS) is 12.7. The number of aliphatic hydroxyl groups is 1. The van der Waals surface area contributed by atoms with Gasteiger partial charge in [-0.3, -0.25) is 0 Å². The van der Waals surface area contributed by atoms with Gasteiger partial charge in [-0.25, -0.2) is 0 Å². The van der Waals surface area contributed by atoms with Crippen molar-refractivity contribution in [3.8, 4) is 0 Å². The van der Waals surface area contributed by atoms with E-state index in [0.717, 1.165) is 5.56 Å². The van der Waals surface area contributed by atoms with Crippen LogP contribution in [0.25, 0.3) is 0 Å².